The molecule has 0 bridgehead atoms. The number of aryl methyl sites for hydroxylation is 2. The average Bonchev–Trinajstić information content (AvgIpc) is 2.74. The van der Waals surface area contributed by atoms with Crippen molar-refractivity contribution in [1.82, 2.24) is 14.2 Å². The number of hydrogen-bond acceptors (Lipinski definition) is 4. The summed E-state index contributed by atoms with van der Waals surface area (Å²) in [7, 11) is -3.57. The molecule has 3 aromatic rings. The number of rotatable bonds is 3. The Morgan fingerprint density at radius 2 is 1.66 bits per heavy atom. The molecule has 1 aliphatic heterocycles. The summed E-state index contributed by atoms with van der Waals surface area (Å²) in [5.41, 5.74) is 2.56. The van der Waals surface area contributed by atoms with Gasteiger partial charge in [0.2, 0.25) is 10.0 Å². The van der Waals surface area contributed by atoms with Crippen molar-refractivity contribution in [3.05, 3.63) is 71.5 Å². The minimum absolute atomic E-state index is 0.113. The highest BCUT2D eigenvalue weighted by Crippen LogP contribution is 2.23. The van der Waals surface area contributed by atoms with Gasteiger partial charge in [-0.3, -0.25) is 9.78 Å². The van der Waals surface area contributed by atoms with E-state index in [1.54, 1.807) is 29.4 Å². The normalized spacial score (nSPS) is 15.6. The molecule has 2 heterocycles. The highest BCUT2D eigenvalue weighted by atomic mass is 32.2. The topological polar surface area (TPSA) is 70.6 Å². The molecule has 1 aromatic heterocycles. The van der Waals surface area contributed by atoms with Crippen molar-refractivity contribution in [2.45, 2.75) is 18.7 Å². The zero-order chi connectivity index (χ0) is 20.6. The Labute approximate surface area is 170 Å². The SMILES string of the molecule is Cc1ccc(S(=O)(=O)N2CCN(C(=O)c3cncc4ccccc34)CC2)cc1C. The van der Waals surface area contributed by atoms with E-state index in [-0.39, 0.29) is 19.0 Å². The number of piperazine rings is 1. The van der Waals surface area contributed by atoms with Crippen LogP contribution in [0.2, 0.25) is 0 Å². The quantitative estimate of drug-likeness (QED) is 0.667. The predicted octanol–water partition coefficient (Wildman–Crippen LogP) is 3.00. The third-order valence-electron chi connectivity index (χ3n) is 5.54. The number of aromatic nitrogens is 1. The van der Waals surface area contributed by atoms with E-state index in [4.69, 9.17) is 0 Å². The Morgan fingerprint density at radius 1 is 0.931 bits per heavy atom. The summed E-state index contributed by atoms with van der Waals surface area (Å²) >= 11 is 0. The van der Waals surface area contributed by atoms with Gasteiger partial charge >= 0.3 is 0 Å². The molecular weight excluding hydrogens is 386 g/mol. The first kappa shape index (κ1) is 19.5. The van der Waals surface area contributed by atoms with Crippen LogP contribution in [-0.4, -0.2) is 54.7 Å². The van der Waals surface area contributed by atoms with E-state index in [0.717, 1.165) is 21.9 Å². The number of benzene rings is 2. The first-order valence-corrected chi connectivity index (χ1v) is 11.0. The first-order chi connectivity index (χ1) is 13.9. The van der Waals surface area contributed by atoms with Crippen LogP contribution in [0.5, 0.6) is 0 Å². The molecule has 4 rings (SSSR count). The summed E-state index contributed by atoms with van der Waals surface area (Å²) in [6, 6.07) is 12.8. The van der Waals surface area contributed by atoms with Crippen LogP contribution in [0.15, 0.2) is 59.8 Å². The molecule has 0 radical (unpaired) electrons. The van der Waals surface area contributed by atoms with Crippen LogP contribution in [0.1, 0.15) is 21.5 Å². The smallest absolute Gasteiger partial charge is 0.256 e. The van der Waals surface area contributed by atoms with Gasteiger partial charge in [-0.15, -0.1) is 0 Å². The van der Waals surface area contributed by atoms with Crippen molar-refractivity contribution in [2.24, 2.45) is 0 Å². The molecule has 150 valence electrons. The van der Waals surface area contributed by atoms with E-state index >= 15 is 0 Å². The molecule has 7 heteroatoms. The van der Waals surface area contributed by atoms with Crippen molar-refractivity contribution in [1.29, 1.82) is 0 Å². The first-order valence-electron chi connectivity index (χ1n) is 9.57. The number of pyridine rings is 1. The molecule has 0 unspecified atom stereocenters. The third-order valence-corrected chi connectivity index (χ3v) is 7.44. The second-order valence-corrected chi connectivity index (χ2v) is 9.29. The average molecular weight is 410 g/mol. The Hall–Kier alpha value is -2.77. The van der Waals surface area contributed by atoms with Crippen LogP contribution in [-0.2, 0) is 10.0 Å². The summed E-state index contributed by atoms with van der Waals surface area (Å²) in [4.78, 5) is 19.2. The Kier molecular flexibility index (Phi) is 5.10. The molecular formula is C22H23N3O3S. The van der Waals surface area contributed by atoms with Crippen LogP contribution in [0.4, 0.5) is 0 Å². The number of amides is 1. The molecule has 0 saturated carbocycles. The molecule has 29 heavy (non-hydrogen) atoms. The largest absolute Gasteiger partial charge is 0.336 e. The van der Waals surface area contributed by atoms with Gasteiger partial charge in [0.05, 0.1) is 10.5 Å². The van der Waals surface area contributed by atoms with Crippen molar-refractivity contribution < 1.29 is 13.2 Å². The van der Waals surface area contributed by atoms with Gasteiger partial charge in [-0.2, -0.15) is 4.31 Å². The second kappa shape index (κ2) is 7.57. The standard InChI is InChI=1S/C22H23N3O3S/c1-16-7-8-19(13-17(16)2)29(27,28)25-11-9-24(10-12-25)22(26)21-15-23-14-18-5-3-4-6-20(18)21/h3-8,13-15H,9-12H2,1-2H3. The lowest BCUT2D eigenvalue weighted by Crippen LogP contribution is -2.50. The number of carbonyl (C=O) groups is 1. The van der Waals surface area contributed by atoms with Crippen LogP contribution in [0.3, 0.4) is 0 Å². The summed E-state index contributed by atoms with van der Waals surface area (Å²) in [6.45, 7) is 5.12. The minimum atomic E-state index is -3.57. The minimum Gasteiger partial charge on any atom is -0.336 e. The van der Waals surface area contributed by atoms with Crippen LogP contribution >= 0.6 is 0 Å². The Morgan fingerprint density at radius 3 is 2.38 bits per heavy atom. The molecule has 0 spiro atoms. The van der Waals surface area contributed by atoms with Crippen molar-refractivity contribution >= 4 is 26.7 Å². The van der Waals surface area contributed by atoms with Crippen molar-refractivity contribution in [2.75, 3.05) is 26.2 Å². The lowest BCUT2D eigenvalue weighted by molar-refractivity contribution is 0.0699. The zero-order valence-corrected chi connectivity index (χ0v) is 17.3. The Bertz CT molecular complexity index is 1180. The summed E-state index contributed by atoms with van der Waals surface area (Å²) in [5.74, 6) is -0.113. The second-order valence-electron chi connectivity index (χ2n) is 7.35. The van der Waals surface area contributed by atoms with Gasteiger partial charge in [0.1, 0.15) is 0 Å². The molecule has 1 saturated heterocycles. The van der Waals surface area contributed by atoms with E-state index in [1.807, 2.05) is 44.2 Å². The lowest BCUT2D eigenvalue weighted by Gasteiger charge is -2.34. The van der Waals surface area contributed by atoms with Gasteiger partial charge in [0, 0.05) is 44.0 Å². The highest BCUT2D eigenvalue weighted by Gasteiger charge is 2.31. The third kappa shape index (κ3) is 3.63. The molecule has 2 aromatic carbocycles. The summed E-state index contributed by atoms with van der Waals surface area (Å²) in [6.07, 6.45) is 3.32. The number of nitrogens with zero attached hydrogens (tertiary/aromatic N) is 3. The fourth-order valence-electron chi connectivity index (χ4n) is 3.61. The predicted molar refractivity (Wildman–Crippen MR) is 112 cm³/mol. The lowest BCUT2D eigenvalue weighted by atomic mass is 10.1. The maximum atomic E-state index is 13.0. The monoisotopic (exact) mass is 409 g/mol. The number of fused-ring (bicyclic) bond motifs is 1. The molecule has 1 aliphatic rings. The van der Waals surface area contributed by atoms with Gasteiger partial charge in [0.15, 0.2) is 0 Å². The van der Waals surface area contributed by atoms with E-state index in [2.05, 4.69) is 4.98 Å². The van der Waals surface area contributed by atoms with E-state index < -0.39 is 10.0 Å². The Balaban J connectivity index is 1.51. The molecule has 0 aliphatic carbocycles. The number of carbonyl (C=O) groups excluding carboxylic acids is 1. The van der Waals surface area contributed by atoms with Gasteiger partial charge in [-0.05, 0) is 42.5 Å². The summed E-state index contributed by atoms with van der Waals surface area (Å²) < 4.78 is 27.4. The molecule has 1 fully saturated rings. The van der Waals surface area contributed by atoms with Crippen LogP contribution in [0.25, 0.3) is 10.8 Å². The van der Waals surface area contributed by atoms with Crippen LogP contribution in [0, 0.1) is 13.8 Å². The number of hydrogen-bond donors (Lipinski definition) is 0. The van der Waals surface area contributed by atoms with E-state index in [0.29, 0.717) is 23.5 Å². The van der Waals surface area contributed by atoms with E-state index in [9.17, 15) is 13.2 Å². The van der Waals surface area contributed by atoms with Crippen molar-refractivity contribution in [3.63, 3.8) is 0 Å². The van der Waals surface area contributed by atoms with Gasteiger partial charge in [-0.25, -0.2) is 8.42 Å². The zero-order valence-electron chi connectivity index (χ0n) is 16.5. The number of sulfonamides is 1. The fourth-order valence-corrected chi connectivity index (χ4v) is 5.12. The highest BCUT2D eigenvalue weighted by molar-refractivity contribution is 7.89. The van der Waals surface area contributed by atoms with Gasteiger partial charge < -0.3 is 4.90 Å². The summed E-state index contributed by atoms with van der Waals surface area (Å²) in [5, 5.41) is 1.77. The fraction of sp³-hybridized carbons (Fsp3) is 0.273. The molecule has 6 nitrogen and oxygen atoms in total. The van der Waals surface area contributed by atoms with E-state index in [1.165, 1.54) is 4.31 Å². The maximum Gasteiger partial charge on any atom is 0.256 e. The van der Waals surface area contributed by atoms with Crippen molar-refractivity contribution in [3.8, 4) is 0 Å². The molecule has 0 atom stereocenters. The van der Waals surface area contributed by atoms with Gasteiger partial charge in [0.25, 0.3) is 5.91 Å². The van der Waals surface area contributed by atoms with Crippen LogP contribution < -0.4 is 0 Å². The van der Waals surface area contributed by atoms with Gasteiger partial charge in [-0.1, -0.05) is 30.3 Å². The molecule has 1 amide bonds. The molecule has 0 N–H and O–H groups in total. The maximum absolute atomic E-state index is 13.0.